The van der Waals surface area contributed by atoms with Crippen LogP contribution >= 0.6 is 23.2 Å². The Kier molecular flexibility index (Phi) is 1.42. The Morgan fingerprint density at radius 3 is 2.44 bits per heavy atom. The zero-order chi connectivity index (χ0) is 6.43. The van der Waals surface area contributed by atoms with Crippen molar-refractivity contribution in [2.75, 3.05) is 0 Å². The van der Waals surface area contributed by atoms with Gasteiger partial charge in [-0.05, 0) is 31.1 Å². The highest BCUT2D eigenvalue weighted by Gasteiger charge is 2.46. The zero-order valence-electron chi connectivity index (χ0n) is 5.11. The predicted octanol–water partition coefficient (Wildman–Crippen LogP) is 2.79. The maximum absolute atomic E-state index is 5.99. The van der Waals surface area contributed by atoms with Crippen LogP contribution in [-0.2, 0) is 0 Å². The van der Waals surface area contributed by atoms with Crippen molar-refractivity contribution in [3.05, 3.63) is 5.38 Å². The third-order valence-corrected chi connectivity index (χ3v) is 3.79. The molecular weight excluding hydrogens is 155 g/mol. The van der Waals surface area contributed by atoms with Gasteiger partial charge in [-0.15, -0.1) is 23.2 Å². The molecule has 0 N–H and O–H groups in total. The van der Waals surface area contributed by atoms with E-state index in [1.807, 2.05) is 0 Å². The second kappa shape index (κ2) is 2.03. The lowest BCUT2D eigenvalue weighted by Crippen LogP contribution is -2.15. The van der Waals surface area contributed by atoms with Crippen molar-refractivity contribution in [2.45, 2.75) is 24.6 Å². The van der Waals surface area contributed by atoms with Crippen LogP contribution in [0, 0.1) is 17.2 Å². The van der Waals surface area contributed by atoms with Crippen LogP contribution in [0.5, 0.6) is 0 Å². The first kappa shape index (κ1) is 6.30. The molecule has 51 valence electrons. The first-order valence-electron chi connectivity index (χ1n) is 3.45. The second-order valence-corrected chi connectivity index (χ2v) is 3.96. The molecule has 3 atom stereocenters. The van der Waals surface area contributed by atoms with Gasteiger partial charge in [0.15, 0.2) is 0 Å². The van der Waals surface area contributed by atoms with E-state index < -0.39 is 0 Å². The highest BCUT2D eigenvalue weighted by molar-refractivity contribution is 6.35. The van der Waals surface area contributed by atoms with Gasteiger partial charge in [0.25, 0.3) is 0 Å². The molecule has 2 saturated carbocycles. The summed E-state index contributed by atoms with van der Waals surface area (Å²) < 4.78 is 0. The summed E-state index contributed by atoms with van der Waals surface area (Å²) in [5, 5.41) is 1.23. The predicted molar refractivity (Wildman–Crippen MR) is 39.6 cm³/mol. The third kappa shape index (κ3) is 0.798. The van der Waals surface area contributed by atoms with Crippen LogP contribution in [0.25, 0.3) is 0 Å². The summed E-state index contributed by atoms with van der Waals surface area (Å²) in [5.41, 5.74) is 0. The molecule has 0 aromatic carbocycles. The van der Waals surface area contributed by atoms with Gasteiger partial charge in [0, 0.05) is 0 Å². The highest BCUT2D eigenvalue weighted by atomic mass is 35.5. The molecule has 0 aromatic rings. The smallest absolute Gasteiger partial charge is 0.0848 e. The maximum Gasteiger partial charge on any atom is 0.0848 e. The van der Waals surface area contributed by atoms with E-state index in [9.17, 15) is 0 Å². The molecule has 1 radical (unpaired) electrons. The molecule has 2 aliphatic rings. The number of hydrogen-bond donors (Lipinski definition) is 0. The van der Waals surface area contributed by atoms with Crippen LogP contribution in [0.1, 0.15) is 19.3 Å². The fourth-order valence-corrected chi connectivity index (χ4v) is 2.77. The van der Waals surface area contributed by atoms with Crippen molar-refractivity contribution in [2.24, 2.45) is 11.8 Å². The molecule has 0 heterocycles. The maximum atomic E-state index is 5.99. The van der Waals surface area contributed by atoms with Crippen LogP contribution < -0.4 is 0 Å². The summed E-state index contributed by atoms with van der Waals surface area (Å²) in [5.74, 6) is 1.38. The number of halogens is 2. The van der Waals surface area contributed by atoms with Crippen molar-refractivity contribution >= 4 is 23.2 Å². The van der Waals surface area contributed by atoms with Crippen LogP contribution in [0.4, 0.5) is 0 Å². The summed E-state index contributed by atoms with van der Waals surface area (Å²) in [4.78, 5) is 0. The summed E-state index contributed by atoms with van der Waals surface area (Å²) >= 11 is 11.9. The van der Waals surface area contributed by atoms with Gasteiger partial charge in [-0.3, -0.25) is 0 Å². The van der Waals surface area contributed by atoms with E-state index in [0.29, 0.717) is 11.8 Å². The van der Waals surface area contributed by atoms with Crippen molar-refractivity contribution in [1.82, 2.24) is 0 Å². The normalized spacial score (nSPS) is 50.7. The van der Waals surface area contributed by atoms with Gasteiger partial charge in [0.05, 0.1) is 10.8 Å². The van der Waals surface area contributed by atoms with E-state index in [2.05, 4.69) is 0 Å². The molecule has 0 nitrogen and oxygen atoms in total. The van der Waals surface area contributed by atoms with Gasteiger partial charge < -0.3 is 0 Å². The van der Waals surface area contributed by atoms with E-state index >= 15 is 0 Å². The fraction of sp³-hybridized carbons (Fsp3) is 0.857. The monoisotopic (exact) mass is 163 g/mol. The number of fused-ring (bicyclic) bond motifs is 2. The van der Waals surface area contributed by atoms with Crippen molar-refractivity contribution in [3.63, 3.8) is 0 Å². The summed E-state index contributed by atoms with van der Waals surface area (Å²) in [6, 6.07) is 0. The molecule has 2 aliphatic carbocycles. The highest BCUT2D eigenvalue weighted by Crippen LogP contribution is 2.53. The minimum absolute atomic E-state index is 0.199. The van der Waals surface area contributed by atoms with Gasteiger partial charge in [-0.1, -0.05) is 0 Å². The lowest BCUT2D eigenvalue weighted by molar-refractivity contribution is 0.551. The molecule has 0 aromatic heterocycles. The molecule has 3 unspecified atom stereocenters. The molecule has 2 rings (SSSR count). The Bertz CT molecular complexity index is 106. The lowest BCUT2D eigenvalue weighted by atomic mass is 10.00. The van der Waals surface area contributed by atoms with Gasteiger partial charge in [0.1, 0.15) is 0 Å². The van der Waals surface area contributed by atoms with Crippen LogP contribution in [-0.4, -0.2) is 5.38 Å². The molecule has 0 saturated heterocycles. The number of hydrogen-bond acceptors (Lipinski definition) is 0. The van der Waals surface area contributed by atoms with E-state index in [0.717, 1.165) is 5.38 Å². The SMILES string of the molecule is Cl[C]1C2CCC(C2)C1Cl. The van der Waals surface area contributed by atoms with Gasteiger partial charge in [-0.2, -0.15) is 0 Å². The Labute approximate surface area is 65.5 Å². The average Bonchev–Trinajstić information content (AvgIpc) is 2.37. The van der Waals surface area contributed by atoms with E-state index in [4.69, 9.17) is 23.2 Å². The molecule has 0 spiro atoms. The Balaban J connectivity index is 2.15. The quantitative estimate of drug-likeness (QED) is 0.483. The van der Waals surface area contributed by atoms with E-state index in [1.54, 1.807) is 0 Å². The summed E-state index contributed by atoms with van der Waals surface area (Å²) in [7, 11) is 0. The van der Waals surface area contributed by atoms with Crippen molar-refractivity contribution in [1.29, 1.82) is 0 Å². The Hall–Kier alpha value is 0.580. The Morgan fingerprint density at radius 1 is 1.33 bits per heavy atom. The summed E-state index contributed by atoms with van der Waals surface area (Å²) in [6.07, 6.45) is 3.84. The molecule has 9 heavy (non-hydrogen) atoms. The first-order valence-corrected chi connectivity index (χ1v) is 4.27. The number of rotatable bonds is 0. The first-order chi connectivity index (χ1) is 4.29. The molecule has 2 fully saturated rings. The molecular formula is C7H9Cl2. The van der Waals surface area contributed by atoms with E-state index in [1.165, 1.54) is 19.3 Å². The minimum atomic E-state index is 0.199. The summed E-state index contributed by atoms with van der Waals surface area (Å²) in [6.45, 7) is 0. The second-order valence-electron chi connectivity index (χ2n) is 3.06. The van der Waals surface area contributed by atoms with Crippen LogP contribution in [0.3, 0.4) is 0 Å². The lowest BCUT2D eigenvalue weighted by Gasteiger charge is -2.19. The van der Waals surface area contributed by atoms with Gasteiger partial charge in [0.2, 0.25) is 0 Å². The third-order valence-electron chi connectivity index (χ3n) is 2.54. The van der Waals surface area contributed by atoms with Crippen LogP contribution in [0.15, 0.2) is 0 Å². The minimum Gasteiger partial charge on any atom is -0.121 e. The van der Waals surface area contributed by atoms with Crippen molar-refractivity contribution < 1.29 is 0 Å². The van der Waals surface area contributed by atoms with Gasteiger partial charge in [-0.25, -0.2) is 0 Å². The zero-order valence-corrected chi connectivity index (χ0v) is 6.62. The van der Waals surface area contributed by atoms with E-state index in [-0.39, 0.29) is 5.38 Å². The topological polar surface area (TPSA) is 0 Å². The molecule has 2 heteroatoms. The largest absolute Gasteiger partial charge is 0.121 e. The fourth-order valence-electron chi connectivity index (χ4n) is 1.98. The molecule has 0 aliphatic heterocycles. The van der Waals surface area contributed by atoms with Gasteiger partial charge >= 0.3 is 0 Å². The molecule has 0 amide bonds. The number of alkyl halides is 1. The standard InChI is InChI=1S/C7H9Cl2/c8-6-4-1-2-5(3-4)7(6)9/h4-6H,1-3H2. The van der Waals surface area contributed by atoms with Crippen LogP contribution in [0.2, 0.25) is 0 Å². The Morgan fingerprint density at radius 2 is 2.11 bits per heavy atom. The van der Waals surface area contributed by atoms with Crippen molar-refractivity contribution in [3.8, 4) is 0 Å². The molecule has 2 bridgehead atoms. The average molecular weight is 164 g/mol.